The smallest absolute Gasteiger partial charge is 0.344 e. The Bertz CT molecular complexity index is 391. The van der Waals surface area contributed by atoms with Gasteiger partial charge < -0.3 is 4.90 Å². The maximum Gasteiger partial charge on any atom is 0.405 e. The number of alkyl halides is 4. The zero-order valence-electron chi connectivity index (χ0n) is 9.04. The van der Waals surface area contributed by atoms with Gasteiger partial charge in [-0.2, -0.15) is 13.2 Å². The lowest BCUT2D eigenvalue weighted by Gasteiger charge is -2.26. The van der Waals surface area contributed by atoms with Gasteiger partial charge in [-0.15, -0.1) is 11.6 Å². The standard InChI is InChI=1S/C11H12ClF3N2/c12-6-8-2-1-5-16-10(8)17(9-3-4-9)7-11(13,14)15/h1-2,5,9H,3-4,6-7H2. The van der Waals surface area contributed by atoms with Crippen molar-refractivity contribution in [2.45, 2.75) is 30.9 Å². The zero-order valence-corrected chi connectivity index (χ0v) is 9.80. The van der Waals surface area contributed by atoms with Crippen molar-refractivity contribution < 1.29 is 13.2 Å². The quantitative estimate of drug-likeness (QED) is 0.776. The van der Waals surface area contributed by atoms with E-state index in [4.69, 9.17) is 11.6 Å². The van der Waals surface area contributed by atoms with Crippen LogP contribution in [-0.4, -0.2) is 23.7 Å². The molecular formula is C11H12ClF3N2. The van der Waals surface area contributed by atoms with Crippen LogP contribution >= 0.6 is 11.6 Å². The lowest BCUT2D eigenvalue weighted by molar-refractivity contribution is -0.120. The van der Waals surface area contributed by atoms with Gasteiger partial charge in [-0.25, -0.2) is 4.98 Å². The molecule has 1 saturated carbocycles. The van der Waals surface area contributed by atoms with Crippen molar-refractivity contribution >= 4 is 17.4 Å². The van der Waals surface area contributed by atoms with Crippen LogP contribution in [0, 0.1) is 0 Å². The lowest BCUT2D eigenvalue weighted by atomic mass is 10.2. The fraction of sp³-hybridized carbons (Fsp3) is 0.545. The average Bonchev–Trinajstić information content (AvgIpc) is 3.08. The van der Waals surface area contributed by atoms with E-state index < -0.39 is 12.7 Å². The second-order valence-electron chi connectivity index (χ2n) is 4.09. The maximum absolute atomic E-state index is 12.5. The summed E-state index contributed by atoms with van der Waals surface area (Å²) in [6.45, 7) is -0.960. The van der Waals surface area contributed by atoms with Crippen LogP contribution in [0.25, 0.3) is 0 Å². The van der Waals surface area contributed by atoms with Crippen molar-refractivity contribution in [1.82, 2.24) is 4.98 Å². The Morgan fingerprint density at radius 3 is 2.65 bits per heavy atom. The molecule has 6 heteroatoms. The van der Waals surface area contributed by atoms with Gasteiger partial charge in [0.1, 0.15) is 12.4 Å². The van der Waals surface area contributed by atoms with Gasteiger partial charge in [-0.1, -0.05) is 6.07 Å². The van der Waals surface area contributed by atoms with Crippen molar-refractivity contribution in [3.8, 4) is 0 Å². The average molecular weight is 265 g/mol. The first-order valence-corrected chi connectivity index (χ1v) is 5.88. The molecule has 2 rings (SSSR count). The Morgan fingerprint density at radius 1 is 1.41 bits per heavy atom. The second kappa shape index (κ2) is 4.72. The first-order valence-electron chi connectivity index (χ1n) is 5.34. The first-order chi connectivity index (χ1) is 8.01. The Labute approximate surface area is 102 Å². The minimum atomic E-state index is -4.22. The summed E-state index contributed by atoms with van der Waals surface area (Å²) in [5, 5.41) is 0. The third kappa shape index (κ3) is 3.25. The summed E-state index contributed by atoms with van der Waals surface area (Å²) in [6.07, 6.45) is -1.15. The number of pyridine rings is 1. The molecule has 1 heterocycles. The van der Waals surface area contributed by atoms with E-state index in [1.54, 1.807) is 12.1 Å². The van der Waals surface area contributed by atoms with Crippen molar-refractivity contribution in [1.29, 1.82) is 0 Å². The Hall–Kier alpha value is -0.970. The zero-order chi connectivity index (χ0) is 12.5. The molecule has 0 unspecified atom stereocenters. The molecule has 0 bridgehead atoms. The monoisotopic (exact) mass is 264 g/mol. The normalized spacial score (nSPS) is 16.0. The summed E-state index contributed by atoms with van der Waals surface area (Å²) in [6, 6.07) is 3.34. The number of hydrogen-bond acceptors (Lipinski definition) is 2. The second-order valence-corrected chi connectivity index (χ2v) is 4.36. The van der Waals surface area contributed by atoms with Gasteiger partial charge in [-0.3, -0.25) is 0 Å². The van der Waals surface area contributed by atoms with Crippen LogP contribution < -0.4 is 4.90 Å². The van der Waals surface area contributed by atoms with Gasteiger partial charge in [-0.05, 0) is 18.9 Å². The van der Waals surface area contributed by atoms with E-state index in [1.165, 1.54) is 11.1 Å². The van der Waals surface area contributed by atoms with Gasteiger partial charge in [0.2, 0.25) is 0 Å². The van der Waals surface area contributed by atoms with Gasteiger partial charge in [0.05, 0.1) is 5.88 Å². The van der Waals surface area contributed by atoms with Crippen molar-refractivity contribution in [3.05, 3.63) is 23.9 Å². The Morgan fingerprint density at radius 2 is 2.12 bits per heavy atom. The Balaban J connectivity index is 2.26. The van der Waals surface area contributed by atoms with Gasteiger partial charge in [0.25, 0.3) is 0 Å². The molecule has 1 aliphatic carbocycles. The fourth-order valence-corrected chi connectivity index (χ4v) is 1.96. The molecule has 0 aliphatic heterocycles. The molecule has 2 nitrogen and oxygen atoms in total. The van der Waals surface area contributed by atoms with Gasteiger partial charge >= 0.3 is 6.18 Å². The SMILES string of the molecule is FC(F)(F)CN(c1ncccc1CCl)C1CC1. The molecule has 0 aromatic carbocycles. The third-order valence-corrected chi connectivity index (χ3v) is 2.91. The molecule has 1 fully saturated rings. The highest BCUT2D eigenvalue weighted by molar-refractivity contribution is 6.17. The molecule has 1 aromatic rings. The van der Waals surface area contributed by atoms with E-state index in [0.29, 0.717) is 11.4 Å². The molecular weight excluding hydrogens is 253 g/mol. The highest BCUT2D eigenvalue weighted by atomic mass is 35.5. The highest BCUT2D eigenvalue weighted by Crippen LogP contribution is 2.35. The minimum absolute atomic E-state index is 0.0477. The molecule has 1 aliphatic rings. The van der Waals surface area contributed by atoms with E-state index in [2.05, 4.69) is 4.98 Å². The molecule has 0 radical (unpaired) electrons. The molecule has 17 heavy (non-hydrogen) atoms. The Kier molecular flexibility index (Phi) is 3.47. The highest BCUT2D eigenvalue weighted by Gasteiger charge is 2.39. The number of anilines is 1. The van der Waals surface area contributed by atoms with Crippen molar-refractivity contribution in [2.75, 3.05) is 11.4 Å². The molecule has 0 amide bonds. The summed E-state index contributed by atoms with van der Waals surface area (Å²) in [5.74, 6) is 0.534. The van der Waals surface area contributed by atoms with Crippen molar-refractivity contribution in [2.24, 2.45) is 0 Å². The number of rotatable bonds is 4. The van der Waals surface area contributed by atoms with E-state index in [-0.39, 0.29) is 11.9 Å². The summed E-state index contributed by atoms with van der Waals surface area (Å²) in [5.41, 5.74) is 0.644. The molecule has 0 atom stereocenters. The van der Waals surface area contributed by atoms with E-state index in [0.717, 1.165) is 12.8 Å². The molecule has 94 valence electrons. The molecule has 1 aromatic heterocycles. The van der Waals surface area contributed by atoms with Crippen LogP contribution in [0.15, 0.2) is 18.3 Å². The third-order valence-electron chi connectivity index (χ3n) is 2.62. The summed E-state index contributed by atoms with van der Waals surface area (Å²) in [7, 11) is 0. The number of halogens is 4. The topological polar surface area (TPSA) is 16.1 Å². The predicted octanol–water partition coefficient (Wildman–Crippen LogP) is 3.35. The molecule has 0 spiro atoms. The van der Waals surface area contributed by atoms with Crippen LogP contribution in [-0.2, 0) is 5.88 Å². The largest absolute Gasteiger partial charge is 0.405 e. The number of nitrogens with zero attached hydrogens (tertiary/aromatic N) is 2. The number of hydrogen-bond donors (Lipinski definition) is 0. The summed E-state index contributed by atoms with van der Waals surface area (Å²) < 4.78 is 37.5. The predicted molar refractivity (Wildman–Crippen MR) is 60.2 cm³/mol. The fourth-order valence-electron chi connectivity index (χ4n) is 1.75. The van der Waals surface area contributed by atoms with E-state index in [1.807, 2.05) is 0 Å². The van der Waals surface area contributed by atoms with E-state index in [9.17, 15) is 13.2 Å². The number of aromatic nitrogens is 1. The maximum atomic E-state index is 12.5. The van der Waals surface area contributed by atoms with Crippen LogP contribution in [0.3, 0.4) is 0 Å². The van der Waals surface area contributed by atoms with Crippen LogP contribution in [0.1, 0.15) is 18.4 Å². The van der Waals surface area contributed by atoms with Gasteiger partial charge in [0, 0.05) is 17.8 Å². The lowest BCUT2D eigenvalue weighted by Crippen LogP contribution is -2.37. The van der Waals surface area contributed by atoms with Gasteiger partial charge in [0.15, 0.2) is 0 Å². The van der Waals surface area contributed by atoms with Crippen LogP contribution in [0.5, 0.6) is 0 Å². The molecule has 0 saturated heterocycles. The van der Waals surface area contributed by atoms with Crippen molar-refractivity contribution in [3.63, 3.8) is 0 Å². The van der Waals surface area contributed by atoms with Crippen LogP contribution in [0.4, 0.5) is 19.0 Å². The first kappa shape index (κ1) is 12.5. The van der Waals surface area contributed by atoms with E-state index >= 15 is 0 Å². The minimum Gasteiger partial charge on any atom is -0.344 e. The summed E-state index contributed by atoms with van der Waals surface area (Å²) in [4.78, 5) is 5.35. The summed E-state index contributed by atoms with van der Waals surface area (Å²) >= 11 is 5.72. The molecule has 0 N–H and O–H groups in total. The van der Waals surface area contributed by atoms with Crippen LogP contribution in [0.2, 0.25) is 0 Å².